The second-order valence-electron chi connectivity index (χ2n) is 7.67. The van der Waals surface area contributed by atoms with Gasteiger partial charge in [0.25, 0.3) is 0 Å². The minimum absolute atomic E-state index is 0.00578. The zero-order valence-electron chi connectivity index (χ0n) is 15.1. The molecule has 1 saturated carbocycles. The smallest absolute Gasteiger partial charge is 0.329 e. The number of ether oxygens (including phenoxy) is 1. The van der Waals surface area contributed by atoms with Crippen LogP contribution >= 0.6 is 11.8 Å². The molecule has 1 aliphatic carbocycles. The lowest BCUT2D eigenvalue weighted by molar-refractivity contribution is -0.160. The third-order valence-electron chi connectivity index (χ3n) is 5.59. The molecule has 0 spiro atoms. The standard InChI is InChI=1S/C18H28N2O4S/c1-18(2)20(12-21)15(11-25-18)16(22)19-10-6-9-14(19)17(23)24-13-7-4-3-5-8-13/h12-15H,3-11H2,1-2H3. The summed E-state index contributed by atoms with van der Waals surface area (Å²) in [5, 5.41) is 0. The maximum absolute atomic E-state index is 13.0. The fourth-order valence-corrected chi connectivity index (χ4v) is 5.28. The molecule has 25 heavy (non-hydrogen) atoms. The van der Waals surface area contributed by atoms with E-state index in [-0.39, 0.29) is 22.9 Å². The summed E-state index contributed by atoms with van der Waals surface area (Å²) in [5.41, 5.74) is 0. The Morgan fingerprint density at radius 3 is 2.48 bits per heavy atom. The number of likely N-dealkylation sites (tertiary alicyclic amines) is 1. The monoisotopic (exact) mass is 368 g/mol. The summed E-state index contributed by atoms with van der Waals surface area (Å²) in [6.45, 7) is 4.45. The summed E-state index contributed by atoms with van der Waals surface area (Å²) in [6, 6.07) is -0.975. The average molecular weight is 368 g/mol. The molecule has 2 atom stereocenters. The van der Waals surface area contributed by atoms with E-state index in [1.165, 1.54) is 6.42 Å². The van der Waals surface area contributed by atoms with Gasteiger partial charge in [-0.15, -0.1) is 11.8 Å². The van der Waals surface area contributed by atoms with Gasteiger partial charge in [0.15, 0.2) is 0 Å². The highest BCUT2D eigenvalue weighted by atomic mass is 32.2. The highest BCUT2D eigenvalue weighted by molar-refractivity contribution is 8.00. The number of thioether (sulfide) groups is 1. The molecule has 2 saturated heterocycles. The van der Waals surface area contributed by atoms with Crippen molar-refractivity contribution in [2.75, 3.05) is 12.3 Å². The number of hydrogen-bond acceptors (Lipinski definition) is 5. The van der Waals surface area contributed by atoms with Crippen molar-refractivity contribution in [3.05, 3.63) is 0 Å². The largest absolute Gasteiger partial charge is 0.461 e. The first-order chi connectivity index (χ1) is 11.9. The van der Waals surface area contributed by atoms with Crippen LogP contribution in [0.1, 0.15) is 58.8 Å². The van der Waals surface area contributed by atoms with Gasteiger partial charge in [0.1, 0.15) is 18.2 Å². The number of amides is 2. The van der Waals surface area contributed by atoms with E-state index in [1.807, 2.05) is 13.8 Å². The minimum Gasteiger partial charge on any atom is -0.461 e. The van der Waals surface area contributed by atoms with Gasteiger partial charge in [-0.3, -0.25) is 9.59 Å². The molecule has 0 N–H and O–H groups in total. The SMILES string of the molecule is CC1(C)SCC(C(=O)N2CCCC2C(=O)OC2CCCCC2)N1C=O. The Morgan fingerprint density at radius 1 is 1.08 bits per heavy atom. The van der Waals surface area contributed by atoms with Gasteiger partial charge in [-0.2, -0.15) is 0 Å². The molecule has 3 rings (SSSR count). The number of esters is 1. The second kappa shape index (κ2) is 7.56. The molecule has 2 heterocycles. The van der Waals surface area contributed by atoms with E-state index in [0.29, 0.717) is 18.7 Å². The molecule has 0 aromatic rings. The quantitative estimate of drug-likeness (QED) is 0.562. The summed E-state index contributed by atoms with van der Waals surface area (Å²) < 4.78 is 5.69. The van der Waals surface area contributed by atoms with Gasteiger partial charge < -0.3 is 14.5 Å². The van der Waals surface area contributed by atoms with Crippen molar-refractivity contribution in [1.29, 1.82) is 0 Å². The van der Waals surface area contributed by atoms with Crippen molar-refractivity contribution in [3.63, 3.8) is 0 Å². The molecule has 140 valence electrons. The van der Waals surface area contributed by atoms with Crippen molar-refractivity contribution >= 4 is 30.0 Å². The van der Waals surface area contributed by atoms with Crippen molar-refractivity contribution < 1.29 is 19.1 Å². The van der Waals surface area contributed by atoms with Crippen LogP contribution in [-0.2, 0) is 19.1 Å². The summed E-state index contributed by atoms with van der Waals surface area (Å²) in [4.78, 5) is 40.0. The zero-order valence-corrected chi connectivity index (χ0v) is 15.9. The van der Waals surface area contributed by atoms with Crippen LogP contribution in [0.15, 0.2) is 0 Å². The lowest BCUT2D eigenvalue weighted by Gasteiger charge is -2.34. The fourth-order valence-electron chi connectivity index (χ4n) is 4.10. The van der Waals surface area contributed by atoms with Gasteiger partial charge >= 0.3 is 5.97 Å². The second-order valence-corrected chi connectivity index (χ2v) is 9.29. The van der Waals surface area contributed by atoms with Crippen LogP contribution in [0.3, 0.4) is 0 Å². The van der Waals surface area contributed by atoms with E-state index in [0.717, 1.165) is 38.5 Å². The Balaban J connectivity index is 1.65. The molecule has 0 aromatic carbocycles. The molecule has 2 aliphatic heterocycles. The summed E-state index contributed by atoms with van der Waals surface area (Å²) >= 11 is 1.60. The van der Waals surface area contributed by atoms with Gasteiger partial charge in [-0.25, -0.2) is 4.79 Å². The molecule has 2 amide bonds. The van der Waals surface area contributed by atoms with E-state index in [1.54, 1.807) is 21.6 Å². The zero-order chi connectivity index (χ0) is 18.0. The van der Waals surface area contributed by atoms with Gasteiger partial charge in [0, 0.05) is 12.3 Å². The van der Waals surface area contributed by atoms with Crippen LogP contribution in [0.5, 0.6) is 0 Å². The minimum atomic E-state index is -0.489. The van der Waals surface area contributed by atoms with Gasteiger partial charge in [0.2, 0.25) is 12.3 Å². The predicted octanol–water partition coefficient (Wildman–Crippen LogP) is 2.16. The third-order valence-corrected chi connectivity index (χ3v) is 6.99. The maximum Gasteiger partial charge on any atom is 0.329 e. The third kappa shape index (κ3) is 3.81. The van der Waals surface area contributed by atoms with Crippen molar-refractivity contribution in [1.82, 2.24) is 9.80 Å². The molecule has 2 unspecified atom stereocenters. The van der Waals surface area contributed by atoms with Crippen LogP contribution in [0.4, 0.5) is 0 Å². The summed E-state index contributed by atoms with van der Waals surface area (Å²) in [7, 11) is 0. The highest BCUT2D eigenvalue weighted by Gasteiger charge is 2.47. The molecule has 0 radical (unpaired) electrons. The van der Waals surface area contributed by atoms with Gasteiger partial charge in [-0.1, -0.05) is 6.42 Å². The first-order valence-electron chi connectivity index (χ1n) is 9.32. The normalized spacial score (nSPS) is 29.7. The van der Waals surface area contributed by atoms with Crippen LogP contribution in [0, 0.1) is 0 Å². The Morgan fingerprint density at radius 2 is 1.80 bits per heavy atom. The van der Waals surface area contributed by atoms with E-state index in [2.05, 4.69) is 0 Å². The van der Waals surface area contributed by atoms with Crippen LogP contribution in [0.25, 0.3) is 0 Å². The van der Waals surface area contributed by atoms with Crippen LogP contribution in [0.2, 0.25) is 0 Å². The van der Waals surface area contributed by atoms with Gasteiger partial charge in [-0.05, 0) is 52.4 Å². The lowest BCUT2D eigenvalue weighted by Crippen LogP contribution is -2.53. The number of nitrogens with zero attached hydrogens (tertiary/aromatic N) is 2. The molecule has 3 aliphatic rings. The molecule has 0 aromatic heterocycles. The topological polar surface area (TPSA) is 66.9 Å². The highest BCUT2D eigenvalue weighted by Crippen LogP contribution is 2.39. The molecule has 0 bridgehead atoms. The Labute approximate surface area is 153 Å². The number of carbonyl (C=O) groups excluding carboxylic acids is 3. The van der Waals surface area contributed by atoms with E-state index in [4.69, 9.17) is 4.74 Å². The summed E-state index contributed by atoms with van der Waals surface area (Å²) in [6.07, 6.45) is 7.50. The summed E-state index contributed by atoms with van der Waals surface area (Å²) in [5.74, 6) is 0.194. The van der Waals surface area contributed by atoms with E-state index >= 15 is 0 Å². The first-order valence-corrected chi connectivity index (χ1v) is 10.3. The van der Waals surface area contributed by atoms with Crippen LogP contribution < -0.4 is 0 Å². The molecule has 3 fully saturated rings. The van der Waals surface area contributed by atoms with E-state index in [9.17, 15) is 14.4 Å². The van der Waals surface area contributed by atoms with E-state index < -0.39 is 12.1 Å². The lowest BCUT2D eigenvalue weighted by atomic mass is 9.98. The Hall–Kier alpha value is -1.24. The number of hydrogen-bond donors (Lipinski definition) is 0. The first kappa shape index (κ1) is 18.5. The number of carbonyl (C=O) groups is 3. The fraction of sp³-hybridized carbons (Fsp3) is 0.833. The molecular formula is C18H28N2O4S. The Bertz CT molecular complexity index is 533. The predicted molar refractivity (Wildman–Crippen MR) is 95.9 cm³/mol. The Kier molecular flexibility index (Phi) is 5.61. The van der Waals surface area contributed by atoms with Crippen molar-refractivity contribution in [3.8, 4) is 0 Å². The van der Waals surface area contributed by atoms with Gasteiger partial charge in [0.05, 0.1) is 4.87 Å². The molecule has 6 nitrogen and oxygen atoms in total. The maximum atomic E-state index is 13.0. The van der Waals surface area contributed by atoms with Crippen LogP contribution in [-0.4, -0.2) is 63.4 Å². The van der Waals surface area contributed by atoms with Crippen molar-refractivity contribution in [2.24, 2.45) is 0 Å². The van der Waals surface area contributed by atoms with Crippen molar-refractivity contribution in [2.45, 2.75) is 81.9 Å². The number of rotatable bonds is 4. The molecule has 7 heteroatoms. The average Bonchev–Trinajstić information content (AvgIpc) is 3.19. The molecular weight excluding hydrogens is 340 g/mol.